The van der Waals surface area contributed by atoms with Crippen molar-refractivity contribution in [2.24, 2.45) is 5.73 Å². The topological polar surface area (TPSA) is 186 Å². The van der Waals surface area contributed by atoms with Crippen LogP contribution in [0.2, 0.25) is 0 Å². The Morgan fingerprint density at radius 2 is 1.79 bits per heavy atom. The minimum Gasteiger partial charge on any atom is -0.507 e. The lowest BCUT2D eigenvalue weighted by Crippen LogP contribution is -2.47. The largest absolute Gasteiger partial charge is 0.507 e. The average molecular weight is 530 g/mol. The summed E-state index contributed by atoms with van der Waals surface area (Å²) in [5, 5.41) is 43.5. The number of carbonyl (C=O) groups excluding carboxylic acids is 3. The van der Waals surface area contributed by atoms with Crippen LogP contribution in [0.25, 0.3) is 0 Å². The van der Waals surface area contributed by atoms with Crippen molar-refractivity contribution in [1.82, 2.24) is 0 Å². The number of ether oxygens (including phenoxy) is 3. The van der Waals surface area contributed by atoms with E-state index in [0.29, 0.717) is 0 Å². The Morgan fingerprint density at radius 1 is 1.13 bits per heavy atom. The smallest absolute Gasteiger partial charge is 0.202 e. The lowest BCUT2D eigenvalue weighted by atomic mass is 9.78. The van der Waals surface area contributed by atoms with Crippen molar-refractivity contribution in [3.8, 4) is 17.2 Å². The monoisotopic (exact) mass is 529 g/mol. The van der Waals surface area contributed by atoms with Crippen LogP contribution in [0, 0.1) is 0 Å². The fourth-order valence-corrected chi connectivity index (χ4v) is 4.86. The summed E-state index contributed by atoms with van der Waals surface area (Å²) in [5.41, 5.74) is 2.78. The zero-order valence-electron chi connectivity index (χ0n) is 21.3. The van der Waals surface area contributed by atoms with Gasteiger partial charge in [-0.2, -0.15) is 0 Å². The molecule has 11 heteroatoms. The molecule has 0 bridgehead atoms. The number of ketones is 3. The van der Waals surface area contributed by atoms with Gasteiger partial charge < -0.3 is 40.4 Å². The highest BCUT2D eigenvalue weighted by molar-refractivity contribution is 6.31. The van der Waals surface area contributed by atoms with E-state index in [1.165, 1.54) is 32.2 Å². The van der Waals surface area contributed by atoms with Gasteiger partial charge in [-0.1, -0.05) is 19.1 Å². The molecular weight excluding hydrogens is 498 g/mol. The SMILES string of the molecule is CC[C@@](O)(Cc1c(O)c2c(c(O)c1CO[C@H]1C[C@H](N)[C@@H](O)CO1)C(=O)c1c(OC)cccc1C2=O)C(C)=O. The fourth-order valence-electron chi connectivity index (χ4n) is 4.86. The van der Waals surface area contributed by atoms with Gasteiger partial charge in [0.15, 0.2) is 17.9 Å². The summed E-state index contributed by atoms with van der Waals surface area (Å²) in [7, 11) is 1.34. The van der Waals surface area contributed by atoms with Crippen molar-refractivity contribution < 1.29 is 49.0 Å². The number of phenols is 2. The highest BCUT2D eigenvalue weighted by Gasteiger charge is 2.42. The summed E-state index contributed by atoms with van der Waals surface area (Å²) in [6.07, 6.45) is -2.11. The summed E-state index contributed by atoms with van der Waals surface area (Å²) >= 11 is 0. The van der Waals surface area contributed by atoms with Crippen molar-refractivity contribution in [3.05, 3.63) is 51.6 Å². The number of aliphatic hydroxyl groups excluding tert-OH is 1. The second-order valence-corrected chi connectivity index (χ2v) is 9.60. The summed E-state index contributed by atoms with van der Waals surface area (Å²) < 4.78 is 16.5. The number of hydrogen-bond donors (Lipinski definition) is 5. The summed E-state index contributed by atoms with van der Waals surface area (Å²) in [5.74, 6) is -3.22. The Bertz CT molecular complexity index is 1310. The molecule has 38 heavy (non-hydrogen) atoms. The van der Waals surface area contributed by atoms with E-state index < -0.39 is 77.0 Å². The third kappa shape index (κ3) is 4.56. The van der Waals surface area contributed by atoms with Crippen LogP contribution >= 0.6 is 0 Å². The Labute approximate surface area is 218 Å². The summed E-state index contributed by atoms with van der Waals surface area (Å²) in [6.45, 7) is 2.26. The first kappa shape index (κ1) is 27.7. The van der Waals surface area contributed by atoms with Gasteiger partial charge in [0.05, 0.1) is 43.1 Å². The van der Waals surface area contributed by atoms with Crippen LogP contribution < -0.4 is 10.5 Å². The number of methoxy groups -OCH3 is 1. The molecule has 0 spiro atoms. The van der Waals surface area contributed by atoms with Crippen LogP contribution in [0.4, 0.5) is 0 Å². The molecule has 204 valence electrons. The minimum absolute atomic E-state index is 0.0213. The first-order valence-electron chi connectivity index (χ1n) is 12.2. The minimum atomic E-state index is -1.93. The lowest BCUT2D eigenvalue weighted by Gasteiger charge is -2.32. The Hall–Kier alpha value is -3.35. The zero-order valence-corrected chi connectivity index (χ0v) is 21.3. The molecule has 1 saturated heterocycles. The maximum atomic E-state index is 13.6. The predicted molar refractivity (Wildman–Crippen MR) is 132 cm³/mol. The first-order chi connectivity index (χ1) is 17.9. The molecule has 0 saturated carbocycles. The Morgan fingerprint density at radius 3 is 2.39 bits per heavy atom. The van der Waals surface area contributed by atoms with Crippen LogP contribution in [0.5, 0.6) is 17.2 Å². The van der Waals surface area contributed by atoms with Gasteiger partial charge >= 0.3 is 0 Å². The van der Waals surface area contributed by atoms with Crippen LogP contribution in [0.15, 0.2) is 18.2 Å². The van der Waals surface area contributed by atoms with E-state index in [2.05, 4.69) is 0 Å². The number of nitrogens with two attached hydrogens (primary N) is 1. The molecule has 0 aromatic heterocycles. The van der Waals surface area contributed by atoms with Crippen molar-refractivity contribution in [2.45, 2.75) is 63.8 Å². The van der Waals surface area contributed by atoms with E-state index in [-0.39, 0.29) is 47.5 Å². The zero-order chi connectivity index (χ0) is 27.9. The number of Topliss-reactive ketones (excluding diaryl/α,β-unsaturated/α-hetero) is 1. The third-order valence-electron chi connectivity index (χ3n) is 7.37. The molecular formula is C27H31NO10. The maximum Gasteiger partial charge on any atom is 0.202 e. The molecule has 1 fully saturated rings. The molecule has 0 unspecified atom stereocenters. The number of rotatable bonds is 8. The number of phenolic OH excluding ortho intramolecular Hbond substituents is 2. The molecule has 6 N–H and O–H groups in total. The summed E-state index contributed by atoms with van der Waals surface area (Å²) in [4.78, 5) is 39.4. The van der Waals surface area contributed by atoms with E-state index in [1.807, 2.05) is 0 Å². The van der Waals surface area contributed by atoms with E-state index in [1.54, 1.807) is 6.92 Å². The van der Waals surface area contributed by atoms with Crippen LogP contribution in [-0.2, 0) is 27.3 Å². The molecule has 2 aliphatic rings. The molecule has 2 aromatic carbocycles. The van der Waals surface area contributed by atoms with Gasteiger partial charge in [0.2, 0.25) is 5.78 Å². The molecule has 11 nitrogen and oxygen atoms in total. The highest BCUT2D eigenvalue weighted by atomic mass is 16.7. The van der Waals surface area contributed by atoms with E-state index in [4.69, 9.17) is 19.9 Å². The molecule has 1 aliphatic carbocycles. The van der Waals surface area contributed by atoms with Gasteiger partial charge in [-0.25, -0.2) is 0 Å². The maximum absolute atomic E-state index is 13.6. The van der Waals surface area contributed by atoms with Crippen LogP contribution in [-0.4, -0.2) is 75.5 Å². The predicted octanol–water partition coefficient (Wildman–Crippen LogP) is 1.11. The number of benzene rings is 2. The van der Waals surface area contributed by atoms with E-state index in [9.17, 15) is 34.8 Å². The molecule has 0 radical (unpaired) electrons. The van der Waals surface area contributed by atoms with Crippen molar-refractivity contribution in [2.75, 3.05) is 13.7 Å². The fraction of sp³-hybridized carbons (Fsp3) is 0.444. The van der Waals surface area contributed by atoms with Crippen molar-refractivity contribution >= 4 is 17.3 Å². The van der Waals surface area contributed by atoms with Gasteiger partial charge in [-0.3, -0.25) is 14.4 Å². The molecule has 4 atom stereocenters. The highest BCUT2D eigenvalue weighted by Crippen LogP contribution is 2.46. The van der Waals surface area contributed by atoms with Crippen molar-refractivity contribution in [3.63, 3.8) is 0 Å². The van der Waals surface area contributed by atoms with Gasteiger partial charge in [0.1, 0.15) is 22.8 Å². The molecule has 0 amide bonds. The van der Waals surface area contributed by atoms with E-state index >= 15 is 0 Å². The van der Waals surface area contributed by atoms with Crippen LogP contribution in [0.1, 0.15) is 69.7 Å². The third-order valence-corrected chi connectivity index (χ3v) is 7.37. The number of aliphatic hydroxyl groups is 2. The molecule has 1 heterocycles. The Kier molecular flexibility index (Phi) is 7.60. The van der Waals surface area contributed by atoms with Gasteiger partial charge in [-0.15, -0.1) is 0 Å². The summed E-state index contributed by atoms with van der Waals surface area (Å²) in [6, 6.07) is 3.80. The second kappa shape index (κ2) is 10.4. The normalized spacial score (nSPS) is 22.4. The molecule has 4 rings (SSSR count). The lowest BCUT2D eigenvalue weighted by molar-refractivity contribution is -0.197. The Balaban J connectivity index is 1.87. The van der Waals surface area contributed by atoms with Gasteiger partial charge in [-0.05, 0) is 19.4 Å². The van der Waals surface area contributed by atoms with Gasteiger partial charge in [0, 0.05) is 35.6 Å². The number of hydrogen-bond acceptors (Lipinski definition) is 11. The van der Waals surface area contributed by atoms with Crippen molar-refractivity contribution in [1.29, 1.82) is 0 Å². The molecule has 1 aliphatic heterocycles. The van der Waals surface area contributed by atoms with Gasteiger partial charge in [0.25, 0.3) is 0 Å². The average Bonchev–Trinajstić information content (AvgIpc) is 2.89. The van der Waals surface area contributed by atoms with E-state index in [0.717, 1.165) is 0 Å². The number of carbonyl (C=O) groups is 3. The quantitative estimate of drug-likeness (QED) is 0.263. The molecule has 2 aromatic rings. The van der Waals surface area contributed by atoms with Crippen LogP contribution in [0.3, 0.4) is 0 Å². The standard InChI is InChI=1S/C27H31NO10/c1-4-27(35,12(2)29)9-14-15(10-37-19-8-16(28)17(30)11-38-19)25(33)22-21(24(14)32)23(31)13-6-5-7-18(36-3)20(13)26(22)34/h5-7,16-17,19,30,32-33,35H,4,8-11,28H2,1-3H3/t16-,17-,19+,27+/m0/s1. The number of aromatic hydroxyl groups is 2. The second-order valence-electron chi connectivity index (χ2n) is 9.60. The first-order valence-corrected chi connectivity index (χ1v) is 12.2. The number of fused-ring (bicyclic) bond motifs is 2.